The van der Waals surface area contributed by atoms with Crippen LogP contribution in [0.4, 0.5) is 11.4 Å². The third-order valence-corrected chi connectivity index (χ3v) is 4.49. The number of hydrogen-bond acceptors (Lipinski definition) is 4. The number of nitrogens with zero attached hydrogens (tertiary/aromatic N) is 2. The maximum absolute atomic E-state index is 12.8. The first kappa shape index (κ1) is 20.7. The number of pyridine rings is 1. The summed E-state index contributed by atoms with van der Waals surface area (Å²) in [5.74, 6) is -0.788. The summed E-state index contributed by atoms with van der Waals surface area (Å²) < 4.78 is 0. The second-order valence-corrected chi connectivity index (χ2v) is 7.83. The summed E-state index contributed by atoms with van der Waals surface area (Å²) in [4.78, 5) is 29.5. The van der Waals surface area contributed by atoms with E-state index in [2.05, 4.69) is 36.4 Å². The van der Waals surface area contributed by atoms with Crippen LogP contribution in [0.15, 0.2) is 66.9 Å². The molecule has 1 aromatic heterocycles. The first-order valence-corrected chi connectivity index (χ1v) is 9.46. The zero-order chi connectivity index (χ0) is 21.7. The Balaban J connectivity index is 1.79. The van der Waals surface area contributed by atoms with Crippen LogP contribution in [0.3, 0.4) is 0 Å². The van der Waals surface area contributed by atoms with Crippen molar-refractivity contribution >= 4 is 23.2 Å². The van der Waals surface area contributed by atoms with E-state index >= 15 is 0 Å². The Hall–Kier alpha value is -3.98. The molecule has 0 aliphatic carbocycles. The molecular formula is C24H22N4O2. The van der Waals surface area contributed by atoms with E-state index in [1.807, 2.05) is 30.3 Å². The molecule has 30 heavy (non-hydrogen) atoms. The summed E-state index contributed by atoms with van der Waals surface area (Å²) in [7, 11) is 0. The van der Waals surface area contributed by atoms with Gasteiger partial charge in [0.2, 0.25) is 0 Å². The van der Waals surface area contributed by atoms with E-state index < -0.39 is 11.8 Å². The number of anilines is 2. The highest BCUT2D eigenvalue weighted by Crippen LogP contribution is 2.29. The third kappa shape index (κ3) is 4.89. The molecular weight excluding hydrogens is 376 g/mol. The van der Waals surface area contributed by atoms with E-state index in [9.17, 15) is 9.59 Å². The van der Waals surface area contributed by atoms with Crippen LogP contribution in [0.1, 0.15) is 52.7 Å². The number of hydrogen-bond donors (Lipinski definition) is 2. The molecule has 0 spiro atoms. The summed E-state index contributed by atoms with van der Waals surface area (Å²) >= 11 is 0. The molecule has 6 nitrogen and oxygen atoms in total. The van der Waals surface area contributed by atoms with Crippen LogP contribution in [-0.4, -0.2) is 16.8 Å². The standard InChI is InChI=1S/C24H22N4O2/c1-24(2,3)19-9-4-5-10-20(19)28-23(30)21-14-17(11-12-26-21)22(29)27-18-8-6-7-16(13-18)15-25/h4-14H,1-3H3,(H,27,29)(H,28,30). The minimum Gasteiger partial charge on any atom is -0.322 e. The summed E-state index contributed by atoms with van der Waals surface area (Å²) in [6, 6.07) is 19.2. The number of nitrogens with one attached hydrogen (secondary N) is 2. The van der Waals surface area contributed by atoms with Crippen LogP contribution >= 0.6 is 0 Å². The number of carbonyl (C=O) groups excluding carboxylic acids is 2. The van der Waals surface area contributed by atoms with Gasteiger partial charge in [0.15, 0.2) is 0 Å². The molecule has 0 atom stereocenters. The molecule has 0 saturated carbocycles. The van der Waals surface area contributed by atoms with Gasteiger partial charge in [-0.25, -0.2) is 0 Å². The second-order valence-electron chi connectivity index (χ2n) is 7.83. The summed E-state index contributed by atoms with van der Waals surface area (Å²) in [6.07, 6.45) is 1.42. The van der Waals surface area contributed by atoms with Gasteiger partial charge in [-0.05, 0) is 47.4 Å². The van der Waals surface area contributed by atoms with Gasteiger partial charge in [-0.15, -0.1) is 0 Å². The van der Waals surface area contributed by atoms with Crippen LogP contribution in [0, 0.1) is 11.3 Å². The zero-order valence-electron chi connectivity index (χ0n) is 17.1. The highest BCUT2D eigenvalue weighted by Gasteiger charge is 2.20. The average molecular weight is 398 g/mol. The maximum Gasteiger partial charge on any atom is 0.274 e. The van der Waals surface area contributed by atoms with E-state index in [0.717, 1.165) is 5.56 Å². The van der Waals surface area contributed by atoms with Crippen LogP contribution in [0.25, 0.3) is 0 Å². The van der Waals surface area contributed by atoms with Crippen molar-refractivity contribution in [2.75, 3.05) is 10.6 Å². The van der Waals surface area contributed by atoms with E-state index in [1.54, 1.807) is 24.3 Å². The number of amides is 2. The normalized spacial score (nSPS) is 10.7. The van der Waals surface area contributed by atoms with Crippen molar-refractivity contribution < 1.29 is 9.59 Å². The smallest absolute Gasteiger partial charge is 0.274 e. The molecule has 0 aliphatic rings. The Labute approximate surface area is 175 Å². The highest BCUT2D eigenvalue weighted by atomic mass is 16.2. The Morgan fingerprint density at radius 3 is 2.43 bits per heavy atom. The monoisotopic (exact) mass is 398 g/mol. The van der Waals surface area contributed by atoms with Crippen molar-refractivity contribution in [3.05, 3.63) is 89.2 Å². The lowest BCUT2D eigenvalue weighted by atomic mass is 9.86. The molecule has 0 radical (unpaired) electrons. The van der Waals surface area contributed by atoms with Crippen molar-refractivity contribution in [2.45, 2.75) is 26.2 Å². The first-order valence-electron chi connectivity index (χ1n) is 9.46. The van der Waals surface area contributed by atoms with Gasteiger partial charge >= 0.3 is 0 Å². The molecule has 0 fully saturated rings. The zero-order valence-corrected chi connectivity index (χ0v) is 17.1. The number of carbonyl (C=O) groups is 2. The number of benzene rings is 2. The Kier molecular flexibility index (Phi) is 5.93. The lowest BCUT2D eigenvalue weighted by molar-refractivity contribution is 0.102. The van der Waals surface area contributed by atoms with Gasteiger partial charge < -0.3 is 10.6 Å². The molecule has 150 valence electrons. The van der Waals surface area contributed by atoms with Gasteiger partial charge in [0, 0.05) is 23.1 Å². The fourth-order valence-corrected chi connectivity index (χ4v) is 3.00. The highest BCUT2D eigenvalue weighted by molar-refractivity contribution is 6.08. The van der Waals surface area contributed by atoms with Crippen molar-refractivity contribution in [3.8, 4) is 6.07 Å². The number of rotatable bonds is 4. The van der Waals surface area contributed by atoms with E-state index in [4.69, 9.17) is 5.26 Å². The molecule has 3 aromatic rings. The van der Waals surface area contributed by atoms with Crippen LogP contribution in [0.2, 0.25) is 0 Å². The molecule has 0 aliphatic heterocycles. The van der Waals surface area contributed by atoms with Gasteiger partial charge in [-0.2, -0.15) is 5.26 Å². The fourth-order valence-electron chi connectivity index (χ4n) is 3.00. The maximum atomic E-state index is 12.8. The minimum atomic E-state index is -0.396. The predicted molar refractivity (Wildman–Crippen MR) is 116 cm³/mol. The molecule has 3 rings (SSSR count). The van der Waals surface area contributed by atoms with Crippen LogP contribution in [0.5, 0.6) is 0 Å². The van der Waals surface area contributed by atoms with Gasteiger partial charge in [0.05, 0.1) is 11.6 Å². The van der Waals surface area contributed by atoms with Crippen LogP contribution < -0.4 is 10.6 Å². The van der Waals surface area contributed by atoms with Gasteiger partial charge in [-0.3, -0.25) is 14.6 Å². The van der Waals surface area contributed by atoms with E-state index in [1.165, 1.54) is 18.3 Å². The average Bonchev–Trinajstić information content (AvgIpc) is 2.73. The lowest BCUT2D eigenvalue weighted by Crippen LogP contribution is -2.20. The third-order valence-electron chi connectivity index (χ3n) is 4.49. The number of para-hydroxylation sites is 1. The fraction of sp³-hybridized carbons (Fsp3) is 0.167. The molecule has 0 unspecified atom stereocenters. The minimum absolute atomic E-state index is 0.136. The number of aromatic nitrogens is 1. The van der Waals surface area contributed by atoms with Gasteiger partial charge in [0.1, 0.15) is 5.69 Å². The summed E-state index contributed by atoms with van der Waals surface area (Å²) in [6.45, 7) is 6.22. The quantitative estimate of drug-likeness (QED) is 0.663. The molecule has 2 aromatic carbocycles. The topological polar surface area (TPSA) is 94.9 Å². The molecule has 2 amide bonds. The Morgan fingerprint density at radius 1 is 0.933 bits per heavy atom. The molecule has 2 N–H and O–H groups in total. The van der Waals surface area contributed by atoms with Gasteiger partial charge in [-0.1, -0.05) is 45.0 Å². The number of nitriles is 1. The molecule has 6 heteroatoms. The largest absolute Gasteiger partial charge is 0.322 e. The summed E-state index contributed by atoms with van der Waals surface area (Å²) in [5, 5.41) is 14.6. The summed E-state index contributed by atoms with van der Waals surface area (Å²) in [5.41, 5.74) is 2.95. The van der Waals surface area contributed by atoms with Crippen LogP contribution in [-0.2, 0) is 5.41 Å². The van der Waals surface area contributed by atoms with Crippen molar-refractivity contribution in [1.29, 1.82) is 5.26 Å². The second kappa shape index (κ2) is 8.58. The Bertz CT molecular complexity index is 1140. The van der Waals surface area contributed by atoms with E-state index in [0.29, 0.717) is 22.5 Å². The molecule has 0 bridgehead atoms. The first-order chi connectivity index (χ1) is 14.3. The SMILES string of the molecule is CC(C)(C)c1ccccc1NC(=O)c1cc(C(=O)Nc2cccc(C#N)c2)ccn1. The van der Waals surface area contributed by atoms with Crippen molar-refractivity contribution in [2.24, 2.45) is 0 Å². The Morgan fingerprint density at radius 2 is 1.70 bits per heavy atom. The predicted octanol–water partition coefficient (Wildman–Crippen LogP) is 4.76. The van der Waals surface area contributed by atoms with Gasteiger partial charge in [0.25, 0.3) is 11.8 Å². The molecule has 1 heterocycles. The lowest BCUT2D eigenvalue weighted by Gasteiger charge is -2.22. The molecule has 0 saturated heterocycles. The van der Waals surface area contributed by atoms with Crippen molar-refractivity contribution in [3.63, 3.8) is 0 Å². The van der Waals surface area contributed by atoms with E-state index in [-0.39, 0.29) is 11.1 Å². The van der Waals surface area contributed by atoms with Crippen molar-refractivity contribution in [1.82, 2.24) is 4.98 Å².